The fourth-order valence-corrected chi connectivity index (χ4v) is 2.06. The minimum atomic E-state index is -4.49. The molecule has 0 unspecified atom stereocenters. The monoisotopic (exact) mass is 375 g/mol. The molecule has 0 aliphatic rings. The molecule has 1 rings (SSSR count). The van der Waals surface area contributed by atoms with E-state index in [1.54, 1.807) is 6.92 Å². The van der Waals surface area contributed by atoms with Crippen LogP contribution in [0.1, 0.15) is 25.3 Å². The van der Waals surface area contributed by atoms with Crippen LogP contribution in [0.2, 0.25) is 0 Å². The molecule has 0 bridgehead atoms. The standard InChI is InChI=1S/C15H16F7NO2/c1-3-5-23(7-15(20,21)22)6-4-9(24)25-14-12(18)10(16)8(2)11(17)13(14)19/h3-7H2,1-2H3. The highest BCUT2D eigenvalue weighted by molar-refractivity contribution is 5.72. The van der Waals surface area contributed by atoms with Gasteiger partial charge in [-0.05, 0) is 19.9 Å². The van der Waals surface area contributed by atoms with Crippen LogP contribution in [0.25, 0.3) is 0 Å². The molecule has 1 aromatic rings. The summed E-state index contributed by atoms with van der Waals surface area (Å²) in [4.78, 5) is 12.5. The van der Waals surface area contributed by atoms with Crippen molar-refractivity contribution in [3.05, 3.63) is 28.8 Å². The van der Waals surface area contributed by atoms with E-state index in [1.807, 2.05) is 0 Å². The van der Waals surface area contributed by atoms with E-state index in [2.05, 4.69) is 4.74 Å². The third kappa shape index (κ3) is 5.87. The number of benzene rings is 1. The lowest BCUT2D eigenvalue weighted by molar-refractivity contribution is -0.149. The molecule has 0 fully saturated rings. The number of nitrogens with zero attached hydrogens (tertiary/aromatic N) is 1. The number of ether oxygens (including phenoxy) is 1. The van der Waals surface area contributed by atoms with Crippen LogP contribution < -0.4 is 4.74 Å². The van der Waals surface area contributed by atoms with Crippen LogP contribution in [0.3, 0.4) is 0 Å². The second-order valence-electron chi connectivity index (χ2n) is 5.33. The first-order chi connectivity index (χ1) is 11.5. The Hall–Kier alpha value is -1.84. The summed E-state index contributed by atoms with van der Waals surface area (Å²) in [7, 11) is 0. The highest BCUT2D eigenvalue weighted by atomic mass is 19.4. The maximum absolute atomic E-state index is 13.6. The zero-order chi connectivity index (χ0) is 19.4. The number of carbonyl (C=O) groups excluding carboxylic acids is 1. The predicted molar refractivity (Wildman–Crippen MR) is 74.0 cm³/mol. The molecule has 0 heterocycles. The van der Waals surface area contributed by atoms with Gasteiger partial charge in [-0.25, -0.2) is 8.78 Å². The van der Waals surface area contributed by atoms with E-state index in [1.165, 1.54) is 0 Å². The Morgan fingerprint density at radius 2 is 1.52 bits per heavy atom. The van der Waals surface area contributed by atoms with Gasteiger partial charge in [0.05, 0.1) is 13.0 Å². The predicted octanol–water partition coefficient (Wildman–Crippen LogP) is 4.12. The van der Waals surface area contributed by atoms with Gasteiger partial charge in [0.25, 0.3) is 0 Å². The lowest BCUT2D eigenvalue weighted by atomic mass is 10.2. The molecule has 0 saturated carbocycles. The molecular formula is C15H16F7NO2. The van der Waals surface area contributed by atoms with Gasteiger partial charge in [0.1, 0.15) is 0 Å². The second-order valence-corrected chi connectivity index (χ2v) is 5.33. The number of hydrogen-bond acceptors (Lipinski definition) is 3. The lowest BCUT2D eigenvalue weighted by Gasteiger charge is -2.22. The van der Waals surface area contributed by atoms with Crippen molar-refractivity contribution in [2.45, 2.75) is 32.9 Å². The van der Waals surface area contributed by atoms with Crippen LogP contribution >= 0.6 is 0 Å². The molecule has 0 amide bonds. The van der Waals surface area contributed by atoms with Gasteiger partial charge in [-0.3, -0.25) is 9.69 Å². The van der Waals surface area contributed by atoms with Crippen molar-refractivity contribution >= 4 is 5.97 Å². The van der Waals surface area contributed by atoms with Crippen molar-refractivity contribution in [2.24, 2.45) is 0 Å². The maximum atomic E-state index is 13.6. The topological polar surface area (TPSA) is 29.5 Å². The Labute approximate surface area is 139 Å². The molecular weight excluding hydrogens is 359 g/mol. The van der Waals surface area contributed by atoms with E-state index in [9.17, 15) is 35.5 Å². The summed E-state index contributed by atoms with van der Waals surface area (Å²) in [6.07, 6.45) is -4.75. The average Bonchev–Trinajstić information content (AvgIpc) is 2.52. The highest BCUT2D eigenvalue weighted by Crippen LogP contribution is 2.29. The maximum Gasteiger partial charge on any atom is 0.401 e. The number of hydrogen-bond donors (Lipinski definition) is 0. The Kier molecular flexibility index (Phi) is 7.21. The van der Waals surface area contributed by atoms with Gasteiger partial charge in [0.15, 0.2) is 11.6 Å². The van der Waals surface area contributed by atoms with Crippen LogP contribution in [-0.2, 0) is 4.79 Å². The van der Waals surface area contributed by atoms with Crippen molar-refractivity contribution in [3.63, 3.8) is 0 Å². The number of halogens is 7. The van der Waals surface area contributed by atoms with Crippen LogP contribution in [0, 0.1) is 30.2 Å². The molecule has 25 heavy (non-hydrogen) atoms. The van der Waals surface area contributed by atoms with Gasteiger partial charge in [-0.2, -0.15) is 22.0 Å². The Morgan fingerprint density at radius 1 is 1.00 bits per heavy atom. The minimum Gasteiger partial charge on any atom is -0.420 e. The lowest BCUT2D eigenvalue weighted by Crippen LogP contribution is -2.36. The molecule has 10 heteroatoms. The Bertz CT molecular complexity index is 602. The molecule has 1 aromatic carbocycles. The summed E-state index contributed by atoms with van der Waals surface area (Å²) in [5, 5.41) is 0. The molecule has 0 aliphatic carbocycles. The second kappa shape index (κ2) is 8.50. The quantitative estimate of drug-likeness (QED) is 0.311. The molecule has 0 radical (unpaired) electrons. The smallest absolute Gasteiger partial charge is 0.401 e. The number of esters is 1. The van der Waals surface area contributed by atoms with Gasteiger partial charge in [0, 0.05) is 12.1 Å². The van der Waals surface area contributed by atoms with Crippen molar-refractivity contribution in [1.82, 2.24) is 4.90 Å². The normalized spacial score (nSPS) is 11.9. The van der Waals surface area contributed by atoms with Crippen LogP contribution in [-0.4, -0.2) is 36.7 Å². The fraction of sp³-hybridized carbons (Fsp3) is 0.533. The fourth-order valence-electron chi connectivity index (χ4n) is 2.06. The van der Waals surface area contributed by atoms with Crippen molar-refractivity contribution < 1.29 is 40.3 Å². The number of alkyl halides is 3. The van der Waals surface area contributed by atoms with E-state index in [-0.39, 0.29) is 6.54 Å². The van der Waals surface area contributed by atoms with E-state index in [0.29, 0.717) is 6.42 Å². The summed E-state index contributed by atoms with van der Waals surface area (Å²) in [5.41, 5.74) is -0.922. The minimum absolute atomic E-state index is 0.0311. The van der Waals surface area contributed by atoms with Crippen LogP contribution in [0.5, 0.6) is 5.75 Å². The Balaban J connectivity index is 2.80. The van der Waals surface area contributed by atoms with E-state index in [0.717, 1.165) is 11.8 Å². The molecule has 0 aromatic heterocycles. The van der Waals surface area contributed by atoms with E-state index < -0.39 is 66.2 Å². The molecule has 142 valence electrons. The van der Waals surface area contributed by atoms with Crippen LogP contribution in [0.15, 0.2) is 0 Å². The highest BCUT2D eigenvalue weighted by Gasteiger charge is 2.31. The van der Waals surface area contributed by atoms with Gasteiger partial charge >= 0.3 is 12.1 Å². The zero-order valence-corrected chi connectivity index (χ0v) is 13.4. The van der Waals surface area contributed by atoms with E-state index in [4.69, 9.17) is 0 Å². The summed E-state index contributed by atoms with van der Waals surface area (Å²) < 4.78 is 95.4. The Morgan fingerprint density at radius 3 is 1.96 bits per heavy atom. The first kappa shape index (κ1) is 21.2. The summed E-state index contributed by atoms with van der Waals surface area (Å²) in [6, 6.07) is 0. The molecule has 0 atom stereocenters. The average molecular weight is 375 g/mol. The molecule has 0 N–H and O–H groups in total. The van der Waals surface area contributed by atoms with Crippen LogP contribution in [0.4, 0.5) is 30.7 Å². The van der Waals surface area contributed by atoms with Crippen molar-refractivity contribution in [1.29, 1.82) is 0 Å². The summed E-state index contributed by atoms with van der Waals surface area (Å²) in [6.45, 7) is 0.784. The largest absolute Gasteiger partial charge is 0.420 e. The molecule has 3 nitrogen and oxygen atoms in total. The van der Waals surface area contributed by atoms with Gasteiger partial charge in [0.2, 0.25) is 17.4 Å². The molecule has 0 spiro atoms. The van der Waals surface area contributed by atoms with Crippen molar-refractivity contribution in [3.8, 4) is 5.75 Å². The first-order valence-corrected chi connectivity index (χ1v) is 7.30. The van der Waals surface area contributed by atoms with Gasteiger partial charge < -0.3 is 4.74 Å². The van der Waals surface area contributed by atoms with E-state index >= 15 is 0 Å². The van der Waals surface area contributed by atoms with Gasteiger partial charge in [-0.1, -0.05) is 6.92 Å². The number of carbonyl (C=O) groups is 1. The SMILES string of the molecule is CCCN(CCC(=O)Oc1c(F)c(F)c(C)c(F)c1F)CC(F)(F)F. The van der Waals surface area contributed by atoms with Crippen molar-refractivity contribution in [2.75, 3.05) is 19.6 Å². The molecule has 0 aliphatic heterocycles. The number of rotatable bonds is 7. The third-order valence-corrected chi connectivity index (χ3v) is 3.23. The summed E-state index contributed by atoms with van der Waals surface area (Å²) in [5.74, 6) is -10.1. The summed E-state index contributed by atoms with van der Waals surface area (Å²) >= 11 is 0. The third-order valence-electron chi connectivity index (χ3n) is 3.23. The molecule has 0 saturated heterocycles. The van der Waals surface area contributed by atoms with Gasteiger partial charge in [-0.15, -0.1) is 0 Å². The first-order valence-electron chi connectivity index (χ1n) is 7.30. The zero-order valence-electron chi connectivity index (χ0n) is 13.4.